The maximum atomic E-state index is 11.7. The van der Waals surface area contributed by atoms with E-state index in [1.807, 2.05) is 12.3 Å². The fourth-order valence-electron chi connectivity index (χ4n) is 1.18. The molecule has 0 aliphatic heterocycles. The molecule has 1 aromatic rings. The molecule has 0 saturated heterocycles. The van der Waals surface area contributed by atoms with Crippen molar-refractivity contribution < 1.29 is 13.5 Å². The average Bonchev–Trinajstić information content (AvgIpc) is 2.69. The fraction of sp³-hybridized carbons (Fsp3) is 0.667. The van der Waals surface area contributed by atoms with Crippen molar-refractivity contribution in [1.29, 1.82) is 0 Å². The number of aromatic nitrogens is 1. The number of nitrogens with one attached hydrogen (secondary N) is 1. The number of hydrogen-bond donors (Lipinski definition) is 2. The van der Waals surface area contributed by atoms with E-state index in [2.05, 4.69) is 9.71 Å². The van der Waals surface area contributed by atoms with Crippen molar-refractivity contribution in [2.45, 2.75) is 19.9 Å². The predicted octanol–water partition coefficient (Wildman–Crippen LogP) is 0.100. The molecule has 0 aromatic carbocycles. The van der Waals surface area contributed by atoms with Crippen molar-refractivity contribution >= 4 is 21.5 Å². The van der Waals surface area contributed by atoms with Crippen molar-refractivity contribution in [2.75, 3.05) is 20.2 Å². The van der Waals surface area contributed by atoms with E-state index in [4.69, 9.17) is 5.11 Å². The lowest BCUT2D eigenvalue weighted by Gasteiger charge is -2.16. The number of hydrogen-bond acceptors (Lipinski definition) is 5. The van der Waals surface area contributed by atoms with Gasteiger partial charge >= 0.3 is 0 Å². The SMILES string of the molecule is Cc1nc(CNS(=O)(=O)N(C)CCCO)cs1. The molecular formula is C9H17N3O3S2. The Morgan fingerprint density at radius 3 is 2.82 bits per heavy atom. The van der Waals surface area contributed by atoms with Crippen LogP contribution in [0, 0.1) is 6.92 Å². The van der Waals surface area contributed by atoms with Gasteiger partial charge in [0, 0.05) is 25.6 Å². The summed E-state index contributed by atoms with van der Waals surface area (Å²) in [5.41, 5.74) is 0.714. The first-order chi connectivity index (χ1) is 7.95. The van der Waals surface area contributed by atoms with Crippen LogP contribution in [0.3, 0.4) is 0 Å². The second-order valence-electron chi connectivity index (χ2n) is 3.58. The number of aryl methyl sites for hydroxylation is 1. The first kappa shape index (κ1) is 14.5. The molecule has 2 N–H and O–H groups in total. The molecule has 0 spiro atoms. The number of aliphatic hydroxyl groups is 1. The van der Waals surface area contributed by atoms with Crippen LogP contribution in [-0.2, 0) is 16.8 Å². The van der Waals surface area contributed by atoms with Gasteiger partial charge in [-0.3, -0.25) is 0 Å². The van der Waals surface area contributed by atoms with Gasteiger partial charge in [-0.1, -0.05) is 0 Å². The number of rotatable bonds is 7. The summed E-state index contributed by atoms with van der Waals surface area (Å²) in [6, 6.07) is 0. The van der Waals surface area contributed by atoms with E-state index in [0.717, 1.165) is 5.01 Å². The number of thiazole rings is 1. The van der Waals surface area contributed by atoms with Gasteiger partial charge in [0.15, 0.2) is 0 Å². The lowest BCUT2D eigenvalue weighted by atomic mass is 10.5. The van der Waals surface area contributed by atoms with Crippen LogP contribution in [0.4, 0.5) is 0 Å². The van der Waals surface area contributed by atoms with E-state index >= 15 is 0 Å². The molecule has 1 heterocycles. The topological polar surface area (TPSA) is 82.5 Å². The molecule has 0 fully saturated rings. The third-order valence-corrected chi connectivity index (χ3v) is 4.48. The highest BCUT2D eigenvalue weighted by Gasteiger charge is 2.16. The molecule has 0 bridgehead atoms. The Kier molecular flexibility index (Phi) is 5.47. The summed E-state index contributed by atoms with van der Waals surface area (Å²) in [6.07, 6.45) is 0.424. The Labute approximate surface area is 105 Å². The minimum Gasteiger partial charge on any atom is -0.396 e. The maximum absolute atomic E-state index is 11.7. The average molecular weight is 279 g/mol. The highest BCUT2D eigenvalue weighted by molar-refractivity contribution is 7.87. The largest absolute Gasteiger partial charge is 0.396 e. The third-order valence-electron chi connectivity index (χ3n) is 2.14. The zero-order valence-electron chi connectivity index (χ0n) is 9.88. The Hall–Kier alpha value is -0.540. The van der Waals surface area contributed by atoms with Crippen LogP contribution in [0.25, 0.3) is 0 Å². The van der Waals surface area contributed by atoms with E-state index in [1.165, 1.54) is 22.7 Å². The Balaban J connectivity index is 2.49. The molecule has 0 radical (unpaired) electrons. The van der Waals surface area contributed by atoms with Crippen LogP contribution in [0.15, 0.2) is 5.38 Å². The Morgan fingerprint density at radius 1 is 1.59 bits per heavy atom. The summed E-state index contributed by atoms with van der Waals surface area (Å²) in [6.45, 7) is 2.33. The molecule has 1 rings (SSSR count). The zero-order valence-corrected chi connectivity index (χ0v) is 11.5. The number of nitrogens with zero attached hydrogens (tertiary/aromatic N) is 2. The summed E-state index contributed by atoms with van der Waals surface area (Å²) in [5.74, 6) is 0. The summed E-state index contributed by atoms with van der Waals surface area (Å²) in [4.78, 5) is 4.17. The molecule has 0 atom stereocenters. The monoisotopic (exact) mass is 279 g/mol. The summed E-state index contributed by atoms with van der Waals surface area (Å²) in [5, 5.41) is 11.4. The highest BCUT2D eigenvalue weighted by atomic mass is 32.2. The summed E-state index contributed by atoms with van der Waals surface area (Å²) >= 11 is 1.48. The van der Waals surface area contributed by atoms with Crippen molar-refractivity contribution in [2.24, 2.45) is 0 Å². The molecule has 6 nitrogen and oxygen atoms in total. The van der Waals surface area contributed by atoms with E-state index in [9.17, 15) is 8.42 Å². The minimum absolute atomic E-state index is 0.0227. The molecule has 8 heteroatoms. The summed E-state index contributed by atoms with van der Waals surface area (Å²) < 4.78 is 27.1. The second kappa shape index (κ2) is 6.41. The van der Waals surface area contributed by atoms with E-state index in [-0.39, 0.29) is 13.2 Å². The van der Waals surface area contributed by atoms with Gasteiger partial charge in [0.1, 0.15) is 0 Å². The van der Waals surface area contributed by atoms with Crippen molar-refractivity contribution in [3.63, 3.8) is 0 Å². The third kappa shape index (κ3) is 4.68. The van der Waals surface area contributed by atoms with Gasteiger partial charge in [0.2, 0.25) is 0 Å². The van der Waals surface area contributed by atoms with Gasteiger partial charge in [-0.15, -0.1) is 11.3 Å². The van der Waals surface area contributed by atoms with Crippen LogP contribution >= 0.6 is 11.3 Å². The van der Waals surface area contributed by atoms with Gasteiger partial charge in [-0.05, 0) is 13.3 Å². The smallest absolute Gasteiger partial charge is 0.279 e. The van der Waals surface area contributed by atoms with E-state index < -0.39 is 10.2 Å². The lowest BCUT2D eigenvalue weighted by molar-refractivity contribution is 0.275. The predicted molar refractivity (Wildman–Crippen MR) is 66.9 cm³/mol. The molecular weight excluding hydrogens is 262 g/mol. The minimum atomic E-state index is -3.48. The normalized spacial score (nSPS) is 12.2. The molecule has 98 valence electrons. The van der Waals surface area contributed by atoms with Gasteiger partial charge < -0.3 is 5.11 Å². The molecule has 17 heavy (non-hydrogen) atoms. The Morgan fingerprint density at radius 2 is 2.29 bits per heavy atom. The standard InChI is InChI=1S/C9H17N3O3S2/c1-8-11-9(7-16-8)6-10-17(14,15)12(2)4-3-5-13/h7,10,13H,3-6H2,1-2H3. The molecule has 0 saturated carbocycles. The fourth-order valence-corrected chi connectivity index (χ4v) is 2.71. The van der Waals surface area contributed by atoms with Gasteiger partial charge in [0.25, 0.3) is 10.2 Å². The quantitative estimate of drug-likeness (QED) is 0.741. The maximum Gasteiger partial charge on any atom is 0.279 e. The molecule has 0 amide bonds. The van der Waals surface area contributed by atoms with E-state index in [1.54, 1.807) is 0 Å². The highest BCUT2D eigenvalue weighted by Crippen LogP contribution is 2.08. The molecule has 0 unspecified atom stereocenters. The zero-order chi connectivity index (χ0) is 12.9. The van der Waals surface area contributed by atoms with Crippen LogP contribution in [0.2, 0.25) is 0 Å². The molecule has 0 aliphatic rings. The van der Waals surface area contributed by atoms with Crippen LogP contribution in [0.5, 0.6) is 0 Å². The van der Waals surface area contributed by atoms with Crippen LogP contribution < -0.4 is 4.72 Å². The first-order valence-electron chi connectivity index (χ1n) is 5.18. The van der Waals surface area contributed by atoms with Crippen molar-refractivity contribution in [3.05, 3.63) is 16.1 Å². The van der Waals surface area contributed by atoms with Crippen LogP contribution in [0.1, 0.15) is 17.1 Å². The van der Waals surface area contributed by atoms with Crippen molar-refractivity contribution in [1.82, 2.24) is 14.0 Å². The first-order valence-corrected chi connectivity index (χ1v) is 7.50. The summed E-state index contributed by atoms with van der Waals surface area (Å²) in [7, 11) is -2.01. The second-order valence-corrected chi connectivity index (χ2v) is 6.51. The van der Waals surface area contributed by atoms with E-state index in [0.29, 0.717) is 18.7 Å². The molecule has 1 aromatic heterocycles. The van der Waals surface area contributed by atoms with Gasteiger partial charge in [-0.2, -0.15) is 17.4 Å². The lowest BCUT2D eigenvalue weighted by Crippen LogP contribution is -2.38. The number of aliphatic hydroxyl groups excluding tert-OH is 1. The van der Waals surface area contributed by atoms with Crippen molar-refractivity contribution in [3.8, 4) is 0 Å². The van der Waals surface area contributed by atoms with Crippen LogP contribution in [-0.4, -0.2) is 43.0 Å². The Bertz CT molecular complexity index is 444. The van der Waals surface area contributed by atoms with Gasteiger partial charge in [-0.25, -0.2) is 4.98 Å². The molecule has 0 aliphatic carbocycles. The van der Waals surface area contributed by atoms with Gasteiger partial charge in [0.05, 0.1) is 17.2 Å².